The fraction of sp³-hybridized carbons (Fsp3) is 0.364. The van der Waals surface area contributed by atoms with Crippen LogP contribution in [0.25, 0.3) is 11.0 Å². The van der Waals surface area contributed by atoms with E-state index in [2.05, 4.69) is 4.90 Å². The minimum Gasteiger partial charge on any atom is -0.467 e. The summed E-state index contributed by atoms with van der Waals surface area (Å²) in [6.45, 7) is 4.68. The summed E-state index contributed by atoms with van der Waals surface area (Å²) in [6.07, 6.45) is 2.36. The second-order valence-electron chi connectivity index (χ2n) is 7.39. The molecule has 2 aliphatic heterocycles. The summed E-state index contributed by atoms with van der Waals surface area (Å²) in [4.78, 5) is 30.5. The first-order valence-electron chi connectivity index (χ1n) is 9.94. The molecule has 150 valence electrons. The van der Waals surface area contributed by atoms with Crippen molar-refractivity contribution in [1.29, 1.82) is 0 Å². The second-order valence-corrected chi connectivity index (χ2v) is 7.39. The van der Waals surface area contributed by atoms with Gasteiger partial charge in [-0.05, 0) is 30.7 Å². The van der Waals surface area contributed by atoms with Crippen LogP contribution in [0.2, 0.25) is 0 Å². The number of nitrogens with zero attached hydrogens (tertiary/aromatic N) is 2. The molecule has 2 aromatic heterocycles. The maximum Gasteiger partial charge on any atom is 0.291 e. The van der Waals surface area contributed by atoms with Crippen molar-refractivity contribution in [2.75, 3.05) is 39.4 Å². The van der Waals surface area contributed by atoms with Crippen molar-refractivity contribution in [3.8, 4) is 0 Å². The maximum absolute atomic E-state index is 13.2. The zero-order chi connectivity index (χ0) is 19.8. The molecule has 1 atom stereocenters. The van der Waals surface area contributed by atoms with E-state index >= 15 is 0 Å². The van der Waals surface area contributed by atoms with E-state index in [4.69, 9.17) is 13.6 Å². The first-order valence-corrected chi connectivity index (χ1v) is 9.94. The third-order valence-corrected chi connectivity index (χ3v) is 5.66. The van der Waals surface area contributed by atoms with Crippen molar-refractivity contribution in [2.45, 2.75) is 12.5 Å². The van der Waals surface area contributed by atoms with Crippen LogP contribution in [-0.2, 0) is 4.74 Å². The van der Waals surface area contributed by atoms with E-state index in [-0.39, 0.29) is 17.1 Å². The third-order valence-electron chi connectivity index (χ3n) is 5.66. The van der Waals surface area contributed by atoms with Gasteiger partial charge >= 0.3 is 0 Å². The van der Waals surface area contributed by atoms with Crippen LogP contribution < -0.4 is 5.43 Å². The molecule has 0 aliphatic carbocycles. The Kier molecular flexibility index (Phi) is 4.69. The van der Waals surface area contributed by atoms with Crippen molar-refractivity contribution in [1.82, 2.24) is 9.80 Å². The highest BCUT2D eigenvalue weighted by molar-refractivity contribution is 5.98. The summed E-state index contributed by atoms with van der Waals surface area (Å²) in [5, 5.41) is 0.478. The average molecular weight is 394 g/mol. The van der Waals surface area contributed by atoms with Crippen molar-refractivity contribution in [3.63, 3.8) is 0 Å². The largest absolute Gasteiger partial charge is 0.467 e. The summed E-state index contributed by atoms with van der Waals surface area (Å²) in [5.74, 6) is 0.443. The van der Waals surface area contributed by atoms with E-state index in [0.29, 0.717) is 28.8 Å². The molecule has 0 bridgehead atoms. The Morgan fingerprint density at radius 2 is 1.83 bits per heavy atom. The molecule has 1 saturated heterocycles. The van der Waals surface area contributed by atoms with Crippen LogP contribution >= 0.6 is 0 Å². The van der Waals surface area contributed by atoms with E-state index in [0.717, 1.165) is 39.3 Å². The number of furan rings is 1. The zero-order valence-electron chi connectivity index (χ0n) is 16.0. The van der Waals surface area contributed by atoms with Crippen LogP contribution in [0.3, 0.4) is 0 Å². The fourth-order valence-corrected chi connectivity index (χ4v) is 4.23. The van der Waals surface area contributed by atoms with Crippen LogP contribution in [0.5, 0.6) is 0 Å². The first-order chi connectivity index (χ1) is 14.2. The molecule has 1 aromatic carbocycles. The molecular weight excluding hydrogens is 372 g/mol. The topological polar surface area (TPSA) is 76.1 Å². The van der Waals surface area contributed by atoms with Gasteiger partial charge in [-0.3, -0.25) is 14.5 Å². The number of hydrogen-bond acceptors (Lipinski definition) is 6. The van der Waals surface area contributed by atoms with Gasteiger partial charge in [0.25, 0.3) is 5.91 Å². The van der Waals surface area contributed by atoms with Crippen LogP contribution in [0.15, 0.2) is 56.3 Å². The van der Waals surface area contributed by atoms with Gasteiger partial charge in [-0.25, -0.2) is 0 Å². The van der Waals surface area contributed by atoms with E-state index in [1.807, 2.05) is 0 Å². The smallest absolute Gasteiger partial charge is 0.291 e. The third kappa shape index (κ3) is 3.16. The van der Waals surface area contributed by atoms with Crippen LogP contribution in [-0.4, -0.2) is 55.1 Å². The molecular formula is C22H22N2O5. The Labute approximate surface area is 167 Å². The number of para-hydroxylation sites is 1. The fourth-order valence-electron chi connectivity index (χ4n) is 4.23. The Hall–Kier alpha value is -2.90. The summed E-state index contributed by atoms with van der Waals surface area (Å²) in [7, 11) is 0. The number of hydrogen-bond donors (Lipinski definition) is 0. The molecule has 1 unspecified atom stereocenters. The molecule has 0 radical (unpaired) electrons. The maximum atomic E-state index is 13.2. The predicted octanol–water partition coefficient (Wildman–Crippen LogP) is 2.65. The molecule has 0 N–H and O–H groups in total. The number of fused-ring (bicyclic) bond motifs is 2. The molecule has 7 heteroatoms. The predicted molar refractivity (Wildman–Crippen MR) is 106 cm³/mol. The molecule has 4 heterocycles. The number of carbonyl (C=O) groups excluding carboxylic acids is 1. The van der Waals surface area contributed by atoms with Crippen molar-refractivity contribution >= 4 is 16.9 Å². The number of rotatable bonds is 5. The van der Waals surface area contributed by atoms with Gasteiger partial charge in [0, 0.05) is 26.2 Å². The van der Waals surface area contributed by atoms with Crippen LogP contribution in [0.4, 0.5) is 0 Å². The number of carbonyl (C=O) groups is 1. The highest BCUT2D eigenvalue weighted by atomic mass is 16.5. The van der Waals surface area contributed by atoms with Crippen molar-refractivity contribution < 1.29 is 18.4 Å². The number of ether oxygens (including phenoxy) is 1. The Bertz CT molecular complexity index is 1080. The molecule has 1 fully saturated rings. The lowest BCUT2D eigenvalue weighted by atomic mass is 10.0. The van der Waals surface area contributed by atoms with Gasteiger partial charge in [0.1, 0.15) is 17.4 Å². The van der Waals surface area contributed by atoms with Gasteiger partial charge < -0.3 is 18.5 Å². The van der Waals surface area contributed by atoms with E-state index in [1.54, 1.807) is 47.6 Å². The zero-order valence-corrected chi connectivity index (χ0v) is 16.0. The normalized spacial score (nSPS) is 19.8. The summed E-state index contributed by atoms with van der Waals surface area (Å²) in [6, 6.07) is 10.0. The number of amides is 1. The van der Waals surface area contributed by atoms with Crippen LogP contribution in [0, 0.1) is 0 Å². The summed E-state index contributed by atoms with van der Waals surface area (Å²) in [5.41, 5.74) is 0.625. The lowest BCUT2D eigenvalue weighted by Gasteiger charge is -2.28. The second kappa shape index (κ2) is 7.50. The lowest BCUT2D eigenvalue weighted by molar-refractivity contribution is 0.0352. The highest BCUT2D eigenvalue weighted by Crippen LogP contribution is 2.38. The lowest BCUT2D eigenvalue weighted by Crippen LogP contribution is -2.38. The Morgan fingerprint density at radius 1 is 1.00 bits per heavy atom. The molecule has 2 aliphatic rings. The molecule has 1 amide bonds. The molecule has 0 saturated carbocycles. The van der Waals surface area contributed by atoms with Gasteiger partial charge in [-0.15, -0.1) is 0 Å². The Morgan fingerprint density at radius 3 is 2.62 bits per heavy atom. The van der Waals surface area contributed by atoms with Gasteiger partial charge in [-0.2, -0.15) is 0 Å². The van der Waals surface area contributed by atoms with Gasteiger partial charge in [0.2, 0.25) is 5.76 Å². The standard InChI is InChI=1S/C22H22N2O5/c25-20-15-5-1-2-6-16(15)29-21-18(20)19(17-7-3-12-28-17)24(22(21)26)9-4-8-23-10-13-27-14-11-23/h1-3,5-7,12,19H,4,8-11,13-14H2. The number of morpholine rings is 1. The van der Waals surface area contributed by atoms with E-state index in [9.17, 15) is 9.59 Å². The molecule has 5 rings (SSSR count). The van der Waals surface area contributed by atoms with Gasteiger partial charge in [0.05, 0.1) is 30.4 Å². The average Bonchev–Trinajstić information content (AvgIpc) is 3.37. The minimum absolute atomic E-state index is 0.126. The van der Waals surface area contributed by atoms with E-state index < -0.39 is 6.04 Å². The highest BCUT2D eigenvalue weighted by Gasteiger charge is 2.43. The van der Waals surface area contributed by atoms with Crippen LogP contribution in [0.1, 0.15) is 34.3 Å². The minimum atomic E-state index is -0.557. The van der Waals surface area contributed by atoms with Gasteiger partial charge in [-0.1, -0.05) is 12.1 Å². The SMILES string of the molecule is O=C1c2oc3ccccc3c(=O)c2C(c2ccco2)N1CCCN1CCOCC1. The van der Waals surface area contributed by atoms with Gasteiger partial charge in [0.15, 0.2) is 5.43 Å². The van der Waals surface area contributed by atoms with E-state index in [1.165, 1.54) is 0 Å². The molecule has 3 aromatic rings. The van der Waals surface area contributed by atoms with Crippen molar-refractivity contribution in [2.24, 2.45) is 0 Å². The molecule has 29 heavy (non-hydrogen) atoms. The van der Waals surface area contributed by atoms with Crippen molar-refractivity contribution in [3.05, 3.63) is 70.0 Å². The summed E-state index contributed by atoms with van der Waals surface area (Å²) < 4.78 is 16.9. The number of benzene rings is 1. The summed E-state index contributed by atoms with van der Waals surface area (Å²) >= 11 is 0. The first kappa shape index (κ1) is 18.1. The molecule has 0 spiro atoms. The quantitative estimate of drug-likeness (QED) is 0.662. The monoisotopic (exact) mass is 394 g/mol. The molecule has 7 nitrogen and oxygen atoms in total. The Balaban J connectivity index is 1.49.